The van der Waals surface area contributed by atoms with Gasteiger partial charge < -0.3 is 15.3 Å². The summed E-state index contributed by atoms with van der Waals surface area (Å²) in [5.74, 6) is 0.862. The molecule has 0 spiro atoms. The van der Waals surface area contributed by atoms with Crippen molar-refractivity contribution in [3.8, 4) is 17.2 Å². The molecule has 0 amide bonds. The van der Waals surface area contributed by atoms with Crippen molar-refractivity contribution in [3.05, 3.63) is 87.5 Å². The van der Waals surface area contributed by atoms with Crippen LogP contribution in [0.1, 0.15) is 66.6 Å². The normalized spacial score (nSPS) is 12.2. The van der Waals surface area contributed by atoms with E-state index >= 15 is 0 Å². The molecule has 0 unspecified atom stereocenters. The van der Waals surface area contributed by atoms with Crippen LogP contribution in [0.3, 0.4) is 0 Å². The minimum absolute atomic E-state index is 0.271. The van der Waals surface area contributed by atoms with Gasteiger partial charge in [0.15, 0.2) is 0 Å². The van der Waals surface area contributed by atoms with Gasteiger partial charge in [-0.05, 0) is 66.3 Å². The van der Waals surface area contributed by atoms with Gasteiger partial charge in [-0.25, -0.2) is 0 Å². The predicted molar refractivity (Wildman–Crippen MR) is 123 cm³/mol. The molecule has 3 aromatic rings. The molecule has 30 heavy (non-hydrogen) atoms. The van der Waals surface area contributed by atoms with Crippen molar-refractivity contribution in [2.45, 2.75) is 59.3 Å². The molecule has 0 aliphatic carbocycles. The first kappa shape index (κ1) is 21.8. The molecule has 0 heterocycles. The van der Waals surface area contributed by atoms with E-state index in [0.29, 0.717) is 11.5 Å². The minimum Gasteiger partial charge on any atom is -0.508 e. The third-order valence-corrected chi connectivity index (χ3v) is 6.53. The van der Waals surface area contributed by atoms with Gasteiger partial charge in [0.25, 0.3) is 0 Å². The number of phenols is 3. The Bertz CT molecular complexity index is 1110. The number of hydrogen-bond acceptors (Lipinski definition) is 3. The number of aromatic hydroxyl groups is 3. The number of aryl methyl sites for hydroxylation is 3. The van der Waals surface area contributed by atoms with E-state index < -0.39 is 5.41 Å². The van der Waals surface area contributed by atoms with Gasteiger partial charge in [-0.1, -0.05) is 64.1 Å². The number of hydrogen-bond donors (Lipinski definition) is 3. The van der Waals surface area contributed by atoms with Crippen LogP contribution in [-0.4, -0.2) is 15.3 Å². The Labute approximate surface area is 179 Å². The maximum absolute atomic E-state index is 11.0. The van der Waals surface area contributed by atoms with Crippen LogP contribution in [0.25, 0.3) is 0 Å². The lowest BCUT2D eigenvalue weighted by atomic mass is 9.72. The van der Waals surface area contributed by atoms with Gasteiger partial charge in [-0.15, -0.1) is 0 Å². The Morgan fingerprint density at radius 1 is 0.533 bits per heavy atom. The largest absolute Gasteiger partial charge is 0.508 e. The molecule has 0 saturated heterocycles. The lowest BCUT2D eigenvalue weighted by Gasteiger charge is -2.32. The summed E-state index contributed by atoms with van der Waals surface area (Å²) in [4.78, 5) is 0. The fourth-order valence-corrected chi connectivity index (χ4v) is 4.03. The second kappa shape index (κ2) is 7.39. The lowest BCUT2D eigenvalue weighted by Crippen LogP contribution is -2.23. The topological polar surface area (TPSA) is 60.7 Å². The molecule has 0 aromatic heterocycles. The monoisotopic (exact) mass is 404 g/mol. The van der Waals surface area contributed by atoms with E-state index in [1.165, 1.54) is 0 Å². The summed E-state index contributed by atoms with van der Waals surface area (Å²) in [5, 5.41) is 30.8. The van der Waals surface area contributed by atoms with Crippen molar-refractivity contribution in [1.29, 1.82) is 0 Å². The average Bonchev–Trinajstić information content (AvgIpc) is 2.67. The molecule has 0 aliphatic rings. The molecule has 0 saturated carbocycles. The molecule has 3 nitrogen and oxygen atoms in total. The summed E-state index contributed by atoms with van der Waals surface area (Å²) >= 11 is 0. The first-order valence-corrected chi connectivity index (χ1v) is 10.3. The van der Waals surface area contributed by atoms with Crippen molar-refractivity contribution in [2.24, 2.45) is 0 Å². The molecule has 0 atom stereocenters. The van der Waals surface area contributed by atoms with Gasteiger partial charge in [0, 0.05) is 16.4 Å². The maximum Gasteiger partial charge on any atom is 0.122 e. The quantitative estimate of drug-likeness (QED) is 0.473. The highest BCUT2D eigenvalue weighted by molar-refractivity contribution is 5.55. The van der Waals surface area contributed by atoms with E-state index in [0.717, 1.165) is 38.9 Å². The van der Waals surface area contributed by atoms with E-state index in [1.54, 1.807) is 12.1 Å². The second-order valence-corrected chi connectivity index (χ2v) is 9.44. The standard InChI is InChI=1S/C27H32O3/c1-16-12-19(8-10-23(16)28)26(4,5)21-14-18(3)25(30)22(15-21)27(6,7)20-9-11-24(29)17(2)13-20/h8-15,28-30H,1-7H3. The molecular weight excluding hydrogens is 372 g/mol. The van der Waals surface area contributed by atoms with Crippen LogP contribution in [0.15, 0.2) is 48.5 Å². The van der Waals surface area contributed by atoms with E-state index in [-0.39, 0.29) is 11.2 Å². The Morgan fingerprint density at radius 2 is 0.967 bits per heavy atom. The van der Waals surface area contributed by atoms with Crippen molar-refractivity contribution < 1.29 is 15.3 Å². The highest BCUT2D eigenvalue weighted by Crippen LogP contribution is 2.43. The van der Waals surface area contributed by atoms with Gasteiger partial charge in [0.05, 0.1) is 0 Å². The summed E-state index contributed by atoms with van der Waals surface area (Å²) in [6, 6.07) is 15.5. The molecule has 3 N–H and O–H groups in total. The smallest absolute Gasteiger partial charge is 0.122 e. The molecular formula is C27H32O3. The zero-order valence-corrected chi connectivity index (χ0v) is 19.0. The van der Waals surface area contributed by atoms with Crippen LogP contribution in [0.2, 0.25) is 0 Å². The lowest BCUT2D eigenvalue weighted by molar-refractivity contribution is 0.447. The maximum atomic E-state index is 11.0. The van der Waals surface area contributed by atoms with E-state index in [9.17, 15) is 15.3 Å². The van der Waals surface area contributed by atoms with Crippen LogP contribution in [0.5, 0.6) is 17.2 Å². The molecule has 0 aliphatic heterocycles. The molecule has 3 heteroatoms. The van der Waals surface area contributed by atoms with Crippen LogP contribution in [-0.2, 0) is 10.8 Å². The third kappa shape index (κ3) is 3.65. The molecule has 0 radical (unpaired) electrons. The van der Waals surface area contributed by atoms with Crippen molar-refractivity contribution in [1.82, 2.24) is 0 Å². The van der Waals surface area contributed by atoms with E-state index in [4.69, 9.17) is 0 Å². The fraction of sp³-hybridized carbons (Fsp3) is 0.333. The summed E-state index contributed by atoms with van der Waals surface area (Å²) in [7, 11) is 0. The Balaban J connectivity index is 2.18. The second-order valence-electron chi connectivity index (χ2n) is 9.44. The van der Waals surface area contributed by atoms with E-state index in [1.807, 2.05) is 51.1 Å². The van der Waals surface area contributed by atoms with E-state index in [2.05, 4.69) is 33.8 Å². The molecule has 0 fully saturated rings. The molecule has 3 aromatic carbocycles. The SMILES string of the molecule is Cc1cc(C(C)(C)c2cc(C)c(O)c(C(C)(C)c3ccc(O)c(C)c3)c2)ccc1O. The Morgan fingerprint density at radius 3 is 1.43 bits per heavy atom. The average molecular weight is 405 g/mol. The van der Waals surface area contributed by atoms with Crippen LogP contribution in [0.4, 0.5) is 0 Å². The van der Waals surface area contributed by atoms with Crippen LogP contribution < -0.4 is 0 Å². The predicted octanol–water partition coefficient (Wildman–Crippen LogP) is 6.38. The zero-order valence-electron chi connectivity index (χ0n) is 19.0. The summed E-state index contributed by atoms with van der Waals surface area (Å²) in [6.45, 7) is 14.2. The van der Waals surface area contributed by atoms with Crippen molar-refractivity contribution >= 4 is 0 Å². The van der Waals surface area contributed by atoms with Gasteiger partial charge >= 0.3 is 0 Å². The fourth-order valence-electron chi connectivity index (χ4n) is 4.03. The highest BCUT2D eigenvalue weighted by atomic mass is 16.3. The number of benzene rings is 3. The molecule has 0 bridgehead atoms. The van der Waals surface area contributed by atoms with Crippen LogP contribution in [0, 0.1) is 20.8 Å². The minimum atomic E-state index is -0.454. The molecule has 3 rings (SSSR count). The third-order valence-electron chi connectivity index (χ3n) is 6.53. The van der Waals surface area contributed by atoms with Gasteiger partial charge in [0.1, 0.15) is 17.2 Å². The first-order valence-electron chi connectivity index (χ1n) is 10.3. The van der Waals surface area contributed by atoms with Gasteiger partial charge in [-0.2, -0.15) is 0 Å². The summed E-state index contributed by atoms with van der Waals surface area (Å²) in [6.07, 6.45) is 0. The zero-order chi connectivity index (χ0) is 22.4. The Kier molecular flexibility index (Phi) is 5.36. The first-order chi connectivity index (χ1) is 13.9. The van der Waals surface area contributed by atoms with Gasteiger partial charge in [-0.3, -0.25) is 0 Å². The summed E-state index contributed by atoms with van der Waals surface area (Å²) < 4.78 is 0. The number of phenolic OH excluding ortho intramolecular Hbond substituents is 3. The molecule has 158 valence electrons. The number of rotatable bonds is 4. The van der Waals surface area contributed by atoms with Crippen LogP contribution >= 0.6 is 0 Å². The summed E-state index contributed by atoms with van der Waals surface area (Å²) in [5.41, 5.74) is 5.80. The van der Waals surface area contributed by atoms with Gasteiger partial charge in [0.2, 0.25) is 0 Å². The highest BCUT2D eigenvalue weighted by Gasteiger charge is 2.31. The van der Waals surface area contributed by atoms with Crippen molar-refractivity contribution in [2.75, 3.05) is 0 Å². The van der Waals surface area contributed by atoms with Crippen molar-refractivity contribution in [3.63, 3.8) is 0 Å². The Hall–Kier alpha value is -2.94.